The number of hydrogen-bond acceptors (Lipinski definition) is 5. The fourth-order valence-corrected chi connectivity index (χ4v) is 4.64. The zero-order valence-corrected chi connectivity index (χ0v) is 19.5. The first kappa shape index (κ1) is 21.3. The lowest BCUT2D eigenvalue weighted by Crippen LogP contribution is -2.29. The number of rotatable bonds is 4. The van der Waals surface area contributed by atoms with Gasteiger partial charge in [-0.1, -0.05) is 34.1 Å². The fraction of sp³-hybridized carbons (Fsp3) is 0.154. The first-order chi connectivity index (χ1) is 15.9. The molecule has 0 fully saturated rings. The Bertz CT molecular complexity index is 1480. The van der Waals surface area contributed by atoms with E-state index in [2.05, 4.69) is 15.9 Å². The molecule has 4 aromatic rings. The zero-order valence-electron chi connectivity index (χ0n) is 18.0. The van der Waals surface area contributed by atoms with Gasteiger partial charge in [0.1, 0.15) is 5.58 Å². The summed E-state index contributed by atoms with van der Waals surface area (Å²) in [6, 6.07) is 16.8. The Morgan fingerprint density at radius 3 is 2.67 bits per heavy atom. The zero-order chi connectivity index (χ0) is 23.3. The number of halogens is 1. The molecule has 1 aliphatic rings. The van der Waals surface area contributed by atoms with Crippen LogP contribution in [-0.4, -0.2) is 17.6 Å². The SMILES string of the molecule is CCOc1cc(C2c3c(oc4ccc(Br)cc4c3=O)C(=O)N2c2cccc(C)c2)ccc1O. The van der Waals surface area contributed by atoms with E-state index in [1.165, 1.54) is 6.07 Å². The Labute approximate surface area is 198 Å². The predicted molar refractivity (Wildman–Crippen MR) is 129 cm³/mol. The number of amides is 1. The molecule has 0 saturated heterocycles. The molecule has 0 saturated carbocycles. The van der Waals surface area contributed by atoms with Crippen molar-refractivity contribution >= 4 is 38.5 Å². The topological polar surface area (TPSA) is 80.0 Å². The van der Waals surface area contributed by atoms with Crippen LogP contribution in [0.2, 0.25) is 0 Å². The Morgan fingerprint density at radius 2 is 1.91 bits per heavy atom. The first-order valence-electron chi connectivity index (χ1n) is 10.5. The minimum absolute atomic E-state index is 0.0123. The summed E-state index contributed by atoms with van der Waals surface area (Å²) in [4.78, 5) is 28.9. The highest BCUT2D eigenvalue weighted by Gasteiger charge is 2.44. The van der Waals surface area contributed by atoms with Crippen molar-refractivity contribution in [1.82, 2.24) is 0 Å². The van der Waals surface area contributed by atoms with Crippen molar-refractivity contribution in [1.29, 1.82) is 0 Å². The number of benzene rings is 3. The number of nitrogens with zero attached hydrogens (tertiary/aromatic N) is 1. The number of phenols is 1. The standard InChI is InChI=1S/C26H20BrNO5/c1-3-32-21-12-15(7-9-19(21)29)23-22-24(30)18-13-16(27)8-10-20(18)33-25(22)26(31)28(23)17-6-4-5-14(2)11-17/h4-13,23,29H,3H2,1-2H3. The van der Waals surface area contributed by atoms with Crippen LogP contribution in [-0.2, 0) is 0 Å². The number of fused-ring (bicyclic) bond motifs is 2. The largest absolute Gasteiger partial charge is 0.504 e. The van der Waals surface area contributed by atoms with E-state index in [-0.39, 0.29) is 28.3 Å². The van der Waals surface area contributed by atoms with E-state index in [4.69, 9.17) is 9.15 Å². The van der Waals surface area contributed by atoms with Crippen LogP contribution in [0.15, 0.2) is 74.3 Å². The van der Waals surface area contributed by atoms with Gasteiger partial charge in [-0.05, 0) is 67.4 Å². The second-order valence-corrected chi connectivity index (χ2v) is 8.81. The second kappa shape index (κ2) is 8.08. The molecule has 1 amide bonds. The lowest BCUT2D eigenvalue weighted by Gasteiger charge is -2.26. The first-order valence-corrected chi connectivity index (χ1v) is 11.3. The van der Waals surface area contributed by atoms with Gasteiger partial charge >= 0.3 is 0 Å². The Morgan fingerprint density at radius 1 is 1.09 bits per heavy atom. The molecule has 7 heteroatoms. The molecular formula is C26H20BrNO5. The maximum Gasteiger partial charge on any atom is 0.295 e. The minimum atomic E-state index is -0.742. The number of ether oxygens (including phenoxy) is 1. The van der Waals surface area contributed by atoms with Crippen molar-refractivity contribution < 1.29 is 19.1 Å². The van der Waals surface area contributed by atoms with Gasteiger partial charge in [-0.25, -0.2) is 0 Å². The average Bonchev–Trinajstić information content (AvgIpc) is 3.08. The number of phenolic OH excluding ortho intramolecular Hbond substituents is 1. The highest BCUT2D eigenvalue weighted by atomic mass is 79.9. The maximum absolute atomic E-state index is 13.7. The van der Waals surface area contributed by atoms with E-state index < -0.39 is 11.9 Å². The summed E-state index contributed by atoms with van der Waals surface area (Å²) in [5.41, 5.74) is 2.59. The number of aromatic hydroxyl groups is 1. The summed E-state index contributed by atoms with van der Waals surface area (Å²) in [6.45, 7) is 4.12. The molecule has 0 radical (unpaired) electrons. The smallest absolute Gasteiger partial charge is 0.295 e. The minimum Gasteiger partial charge on any atom is -0.504 e. The molecule has 2 heterocycles. The normalized spacial score (nSPS) is 15.2. The molecule has 0 spiro atoms. The summed E-state index contributed by atoms with van der Waals surface area (Å²) >= 11 is 3.41. The number of anilines is 1. The summed E-state index contributed by atoms with van der Waals surface area (Å²) in [5.74, 6) is -0.101. The van der Waals surface area contributed by atoms with Gasteiger partial charge in [-0.15, -0.1) is 0 Å². The van der Waals surface area contributed by atoms with E-state index >= 15 is 0 Å². The van der Waals surface area contributed by atoms with Gasteiger partial charge < -0.3 is 14.3 Å². The van der Waals surface area contributed by atoms with Crippen LogP contribution in [0.5, 0.6) is 11.5 Å². The van der Waals surface area contributed by atoms with Gasteiger partial charge in [-0.2, -0.15) is 0 Å². The second-order valence-electron chi connectivity index (χ2n) is 7.89. The molecule has 0 bridgehead atoms. The van der Waals surface area contributed by atoms with Gasteiger partial charge in [-0.3, -0.25) is 14.5 Å². The monoisotopic (exact) mass is 505 g/mol. The number of carbonyl (C=O) groups is 1. The lowest BCUT2D eigenvalue weighted by molar-refractivity contribution is 0.0971. The van der Waals surface area contributed by atoms with E-state index in [0.29, 0.717) is 28.8 Å². The van der Waals surface area contributed by atoms with E-state index in [0.717, 1.165) is 10.0 Å². The van der Waals surface area contributed by atoms with Gasteiger partial charge in [0.15, 0.2) is 16.9 Å². The molecule has 3 aromatic carbocycles. The summed E-state index contributed by atoms with van der Waals surface area (Å²) in [7, 11) is 0. The van der Waals surface area contributed by atoms with Crippen molar-refractivity contribution in [3.63, 3.8) is 0 Å². The summed E-state index contributed by atoms with van der Waals surface area (Å²) in [5, 5.41) is 10.6. The van der Waals surface area contributed by atoms with Crippen molar-refractivity contribution in [3.8, 4) is 11.5 Å². The molecular weight excluding hydrogens is 486 g/mol. The molecule has 33 heavy (non-hydrogen) atoms. The van der Waals surface area contributed by atoms with Crippen LogP contribution in [0, 0.1) is 6.92 Å². The van der Waals surface area contributed by atoms with Crippen molar-refractivity contribution in [2.75, 3.05) is 11.5 Å². The van der Waals surface area contributed by atoms with Gasteiger partial charge in [0, 0.05) is 10.2 Å². The summed E-state index contributed by atoms with van der Waals surface area (Å²) < 4.78 is 12.3. The molecule has 1 aliphatic heterocycles. The van der Waals surface area contributed by atoms with E-state index in [9.17, 15) is 14.7 Å². The van der Waals surface area contributed by atoms with Gasteiger partial charge in [0.2, 0.25) is 5.76 Å². The van der Waals surface area contributed by atoms with Crippen molar-refractivity contribution in [2.45, 2.75) is 19.9 Å². The molecule has 1 N–H and O–H groups in total. The van der Waals surface area contributed by atoms with Crippen LogP contribution in [0.3, 0.4) is 0 Å². The molecule has 166 valence electrons. The highest BCUT2D eigenvalue weighted by Crippen LogP contribution is 2.43. The quantitative estimate of drug-likeness (QED) is 0.383. The van der Waals surface area contributed by atoms with E-state index in [1.807, 2.05) is 38.1 Å². The maximum atomic E-state index is 13.7. The molecule has 1 atom stereocenters. The number of aryl methyl sites for hydroxylation is 1. The van der Waals surface area contributed by atoms with Crippen LogP contribution in [0.1, 0.15) is 40.2 Å². The van der Waals surface area contributed by atoms with Crippen LogP contribution >= 0.6 is 15.9 Å². The fourth-order valence-electron chi connectivity index (χ4n) is 4.28. The Hall–Kier alpha value is -3.58. The molecule has 1 unspecified atom stereocenters. The van der Waals surface area contributed by atoms with Gasteiger partial charge in [0.05, 0.1) is 23.6 Å². The van der Waals surface area contributed by atoms with Crippen LogP contribution in [0.4, 0.5) is 5.69 Å². The molecule has 1 aromatic heterocycles. The molecule has 6 nitrogen and oxygen atoms in total. The summed E-state index contributed by atoms with van der Waals surface area (Å²) in [6.07, 6.45) is 0. The highest BCUT2D eigenvalue weighted by molar-refractivity contribution is 9.10. The average molecular weight is 506 g/mol. The predicted octanol–water partition coefficient (Wildman–Crippen LogP) is 5.72. The van der Waals surface area contributed by atoms with Gasteiger partial charge in [0.25, 0.3) is 5.91 Å². The van der Waals surface area contributed by atoms with Crippen LogP contribution < -0.4 is 15.1 Å². The van der Waals surface area contributed by atoms with Crippen molar-refractivity contribution in [3.05, 3.63) is 97.8 Å². The Balaban J connectivity index is 1.81. The van der Waals surface area contributed by atoms with Crippen LogP contribution in [0.25, 0.3) is 11.0 Å². The third kappa shape index (κ3) is 3.49. The van der Waals surface area contributed by atoms with E-state index in [1.54, 1.807) is 35.2 Å². The third-order valence-electron chi connectivity index (χ3n) is 5.71. The number of carbonyl (C=O) groups excluding carboxylic acids is 1. The Kier molecular flexibility index (Phi) is 5.21. The molecule has 5 rings (SSSR count). The third-order valence-corrected chi connectivity index (χ3v) is 6.20. The lowest BCUT2D eigenvalue weighted by atomic mass is 9.97. The molecule has 0 aliphatic carbocycles. The van der Waals surface area contributed by atoms with Crippen molar-refractivity contribution in [2.24, 2.45) is 0 Å². The number of hydrogen-bond donors (Lipinski definition) is 1.